The molecule has 0 aliphatic heterocycles. The van der Waals surface area contributed by atoms with Crippen molar-refractivity contribution in [3.63, 3.8) is 0 Å². The second-order valence-electron chi connectivity index (χ2n) is 3.72. The van der Waals surface area contributed by atoms with Gasteiger partial charge in [0.1, 0.15) is 12.4 Å². The number of benzene rings is 1. The minimum absolute atomic E-state index is 0.164. The Bertz CT molecular complexity index is 648. The third-order valence-electron chi connectivity index (χ3n) is 2.50. The van der Waals surface area contributed by atoms with E-state index >= 15 is 0 Å². The van der Waals surface area contributed by atoms with E-state index in [4.69, 9.17) is 5.26 Å². The molecule has 0 unspecified atom stereocenters. The molecule has 0 saturated heterocycles. The molecule has 0 saturated carbocycles. The van der Waals surface area contributed by atoms with Gasteiger partial charge in [0.05, 0.1) is 16.6 Å². The van der Waals surface area contributed by atoms with E-state index in [-0.39, 0.29) is 5.69 Å². The standard InChI is InChI=1S/C12H9N5O2/c1-16(10-4-2-3-9(5-10)6-13)12-14-7-11(8-15-12)17(18)19/h2-5,7-8H,1H3. The highest BCUT2D eigenvalue weighted by Gasteiger charge is 2.11. The largest absolute Gasteiger partial charge is 0.314 e. The Kier molecular flexibility index (Phi) is 3.34. The van der Waals surface area contributed by atoms with Gasteiger partial charge in [0, 0.05) is 12.7 Å². The van der Waals surface area contributed by atoms with Crippen LogP contribution in [0.15, 0.2) is 36.7 Å². The summed E-state index contributed by atoms with van der Waals surface area (Å²) in [7, 11) is 1.72. The summed E-state index contributed by atoms with van der Waals surface area (Å²) in [5, 5.41) is 19.3. The zero-order valence-electron chi connectivity index (χ0n) is 10.0. The summed E-state index contributed by atoms with van der Waals surface area (Å²) in [6.45, 7) is 0. The van der Waals surface area contributed by atoms with Gasteiger partial charge in [0.15, 0.2) is 0 Å². The van der Waals surface area contributed by atoms with E-state index in [0.717, 1.165) is 18.1 Å². The predicted molar refractivity (Wildman–Crippen MR) is 67.9 cm³/mol. The summed E-state index contributed by atoms with van der Waals surface area (Å²) in [4.78, 5) is 19.4. The first-order valence-electron chi connectivity index (χ1n) is 5.32. The fourth-order valence-electron chi connectivity index (χ4n) is 1.48. The number of nitriles is 1. The van der Waals surface area contributed by atoms with E-state index in [1.807, 2.05) is 6.07 Å². The third-order valence-corrected chi connectivity index (χ3v) is 2.50. The Balaban J connectivity index is 2.30. The van der Waals surface area contributed by atoms with Crippen LogP contribution < -0.4 is 4.90 Å². The molecule has 0 radical (unpaired) electrons. The molecule has 2 rings (SSSR count). The van der Waals surface area contributed by atoms with Gasteiger partial charge in [-0.3, -0.25) is 10.1 Å². The van der Waals surface area contributed by atoms with Crippen LogP contribution in [0.1, 0.15) is 5.56 Å². The van der Waals surface area contributed by atoms with Crippen LogP contribution in [0.25, 0.3) is 0 Å². The van der Waals surface area contributed by atoms with Crippen molar-refractivity contribution in [2.45, 2.75) is 0 Å². The molecule has 0 amide bonds. The Morgan fingerprint density at radius 3 is 2.63 bits per heavy atom. The quantitative estimate of drug-likeness (QED) is 0.615. The molecule has 0 spiro atoms. The molecule has 2 aromatic rings. The number of aromatic nitrogens is 2. The SMILES string of the molecule is CN(c1cccc(C#N)c1)c1ncc([N+](=O)[O-])cn1. The second-order valence-corrected chi connectivity index (χ2v) is 3.72. The van der Waals surface area contributed by atoms with Gasteiger partial charge >= 0.3 is 5.69 Å². The van der Waals surface area contributed by atoms with Crippen molar-refractivity contribution in [3.05, 3.63) is 52.3 Å². The van der Waals surface area contributed by atoms with Crippen LogP contribution in [0, 0.1) is 21.4 Å². The van der Waals surface area contributed by atoms with Crippen molar-refractivity contribution in [3.8, 4) is 6.07 Å². The molecule has 1 heterocycles. The first kappa shape index (κ1) is 12.4. The van der Waals surface area contributed by atoms with Gasteiger partial charge in [-0.15, -0.1) is 0 Å². The van der Waals surface area contributed by atoms with E-state index in [0.29, 0.717) is 11.5 Å². The summed E-state index contributed by atoms with van der Waals surface area (Å²) in [6.07, 6.45) is 2.29. The van der Waals surface area contributed by atoms with E-state index in [1.165, 1.54) is 0 Å². The molecule has 94 valence electrons. The lowest BCUT2D eigenvalue weighted by molar-refractivity contribution is -0.385. The molecule has 1 aromatic heterocycles. The summed E-state index contributed by atoms with van der Waals surface area (Å²) in [5.74, 6) is 0.320. The Morgan fingerprint density at radius 2 is 2.05 bits per heavy atom. The molecule has 1 aromatic carbocycles. The maximum absolute atomic E-state index is 10.5. The number of nitro groups is 1. The molecular formula is C12H9N5O2. The van der Waals surface area contributed by atoms with E-state index < -0.39 is 4.92 Å². The van der Waals surface area contributed by atoms with Crippen LogP contribution in [0.4, 0.5) is 17.3 Å². The summed E-state index contributed by atoms with van der Waals surface area (Å²) >= 11 is 0. The van der Waals surface area contributed by atoms with Gasteiger partial charge in [0.2, 0.25) is 5.95 Å². The average Bonchev–Trinajstić information content (AvgIpc) is 2.46. The second kappa shape index (κ2) is 5.10. The Morgan fingerprint density at radius 1 is 1.37 bits per heavy atom. The normalized spacial score (nSPS) is 9.68. The van der Waals surface area contributed by atoms with Crippen LogP contribution in [0.2, 0.25) is 0 Å². The highest BCUT2D eigenvalue weighted by molar-refractivity contribution is 5.58. The topological polar surface area (TPSA) is 96.0 Å². The fraction of sp³-hybridized carbons (Fsp3) is 0.0833. The average molecular weight is 255 g/mol. The molecule has 0 aliphatic rings. The number of hydrogen-bond acceptors (Lipinski definition) is 6. The molecule has 19 heavy (non-hydrogen) atoms. The first-order chi connectivity index (χ1) is 9.11. The first-order valence-corrected chi connectivity index (χ1v) is 5.32. The van der Waals surface area contributed by atoms with Crippen molar-refractivity contribution in [1.29, 1.82) is 5.26 Å². The number of nitrogens with zero attached hydrogens (tertiary/aromatic N) is 5. The Hall–Kier alpha value is -3.01. The van der Waals surface area contributed by atoms with Crippen molar-refractivity contribution in [2.24, 2.45) is 0 Å². The minimum Gasteiger partial charge on any atom is -0.314 e. The maximum Gasteiger partial charge on any atom is 0.305 e. The van der Waals surface area contributed by atoms with Gasteiger partial charge in [-0.2, -0.15) is 5.26 Å². The molecule has 0 bridgehead atoms. The van der Waals surface area contributed by atoms with Crippen molar-refractivity contribution in [1.82, 2.24) is 9.97 Å². The van der Waals surface area contributed by atoms with Gasteiger partial charge in [-0.05, 0) is 18.2 Å². The van der Waals surface area contributed by atoms with Crippen molar-refractivity contribution in [2.75, 3.05) is 11.9 Å². The van der Waals surface area contributed by atoms with Crippen LogP contribution >= 0.6 is 0 Å². The molecular weight excluding hydrogens is 246 g/mol. The van der Waals surface area contributed by atoms with Gasteiger partial charge in [-0.1, -0.05) is 6.07 Å². The van der Waals surface area contributed by atoms with Crippen LogP contribution in [-0.2, 0) is 0 Å². The van der Waals surface area contributed by atoms with E-state index in [2.05, 4.69) is 9.97 Å². The minimum atomic E-state index is -0.555. The fourth-order valence-corrected chi connectivity index (χ4v) is 1.48. The zero-order valence-corrected chi connectivity index (χ0v) is 10.0. The number of anilines is 2. The van der Waals surface area contributed by atoms with Gasteiger partial charge in [-0.25, -0.2) is 9.97 Å². The molecule has 0 N–H and O–H groups in total. The van der Waals surface area contributed by atoms with E-state index in [9.17, 15) is 10.1 Å². The Labute approximate surface area is 108 Å². The summed E-state index contributed by atoms with van der Waals surface area (Å²) < 4.78 is 0. The monoisotopic (exact) mass is 255 g/mol. The predicted octanol–water partition coefficient (Wildman–Crippen LogP) is 2.02. The lowest BCUT2D eigenvalue weighted by atomic mass is 10.2. The van der Waals surface area contributed by atoms with Gasteiger partial charge < -0.3 is 4.90 Å². The number of rotatable bonds is 3. The van der Waals surface area contributed by atoms with Gasteiger partial charge in [0.25, 0.3) is 0 Å². The molecule has 7 nitrogen and oxygen atoms in total. The molecule has 0 aliphatic carbocycles. The molecule has 0 atom stereocenters. The summed E-state index contributed by atoms with van der Waals surface area (Å²) in [5.41, 5.74) is 1.09. The smallest absolute Gasteiger partial charge is 0.305 e. The summed E-state index contributed by atoms with van der Waals surface area (Å²) in [6, 6.07) is 8.96. The lowest BCUT2D eigenvalue weighted by Gasteiger charge is -2.16. The lowest BCUT2D eigenvalue weighted by Crippen LogP contribution is -2.13. The highest BCUT2D eigenvalue weighted by Crippen LogP contribution is 2.21. The van der Waals surface area contributed by atoms with E-state index in [1.54, 1.807) is 36.2 Å². The van der Waals surface area contributed by atoms with Crippen molar-refractivity contribution < 1.29 is 4.92 Å². The molecule has 7 heteroatoms. The molecule has 0 fully saturated rings. The zero-order chi connectivity index (χ0) is 13.8. The van der Waals surface area contributed by atoms with Crippen LogP contribution in [0.3, 0.4) is 0 Å². The number of hydrogen-bond donors (Lipinski definition) is 0. The van der Waals surface area contributed by atoms with Crippen LogP contribution in [-0.4, -0.2) is 21.9 Å². The third kappa shape index (κ3) is 2.63. The van der Waals surface area contributed by atoms with Crippen LogP contribution in [0.5, 0.6) is 0 Å². The van der Waals surface area contributed by atoms with Crippen molar-refractivity contribution >= 4 is 17.3 Å². The highest BCUT2D eigenvalue weighted by atomic mass is 16.6. The maximum atomic E-state index is 10.5.